The van der Waals surface area contributed by atoms with Gasteiger partial charge in [0.25, 0.3) is 0 Å². The molecule has 1 heterocycles. The summed E-state index contributed by atoms with van der Waals surface area (Å²) >= 11 is 3.08. The highest BCUT2D eigenvalue weighted by molar-refractivity contribution is 9.10. The van der Waals surface area contributed by atoms with Crippen LogP contribution in [0.1, 0.15) is 22.8 Å². The van der Waals surface area contributed by atoms with Gasteiger partial charge in [-0.15, -0.1) is 0 Å². The minimum Gasteiger partial charge on any atom is -0.384 e. The van der Waals surface area contributed by atoms with Crippen molar-refractivity contribution in [2.45, 2.75) is 13.0 Å². The zero-order chi connectivity index (χ0) is 12.4. The number of rotatable bonds is 2. The normalized spacial score (nSPS) is 12.5. The zero-order valence-corrected chi connectivity index (χ0v) is 10.8. The summed E-state index contributed by atoms with van der Waals surface area (Å²) in [4.78, 5) is 4.01. The summed E-state index contributed by atoms with van der Waals surface area (Å²) in [7, 11) is 0. The third kappa shape index (κ3) is 2.70. The van der Waals surface area contributed by atoms with Crippen molar-refractivity contribution in [3.63, 3.8) is 0 Å². The topological polar surface area (TPSA) is 33.1 Å². The highest BCUT2D eigenvalue weighted by Gasteiger charge is 2.12. The van der Waals surface area contributed by atoms with Crippen molar-refractivity contribution in [2.24, 2.45) is 0 Å². The molecule has 17 heavy (non-hydrogen) atoms. The number of aliphatic hydroxyl groups excluding tert-OH is 1. The number of benzene rings is 1. The lowest BCUT2D eigenvalue weighted by Gasteiger charge is -2.12. The van der Waals surface area contributed by atoms with Crippen LogP contribution in [0.2, 0.25) is 0 Å². The summed E-state index contributed by atoms with van der Waals surface area (Å²) in [5.74, 6) is -0.387. The molecular formula is C13H11BrFNO. The quantitative estimate of drug-likeness (QED) is 0.921. The molecule has 0 saturated carbocycles. The molecule has 0 fully saturated rings. The molecule has 0 bridgehead atoms. The van der Waals surface area contributed by atoms with Crippen LogP contribution in [0.3, 0.4) is 0 Å². The van der Waals surface area contributed by atoms with Gasteiger partial charge in [0.1, 0.15) is 11.9 Å². The van der Waals surface area contributed by atoms with Crippen molar-refractivity contribution in [1.29, 1.82) is 0 Å². The van der Waals surface area contributed by atoms with Crippen molar-refractivity contribution >= 4 is 15.9 Å². The van der Waals surface area contributed by atoms with Gasteiger partial charge in [0.15, 0.2) is 0 Å². The lowest BCUT2D eigenvalue weighted by atomic mass is 10.0. The molecule has 1 aromatic carbocycles. The fraction of sp³-hybridized carbons (Fsp3) is 0.154. The largest absolute Gasteiger partial charge is 0.384 e. The maximum Gasteiger partial charge on any atom is 0.137 e. The van der Waals surface area contributed by atoms with E-state index in [-0.39, 0.29) is 5.82 Å². The van der Waals surface area contributed by atoms with Gasteiger partial charge in [0.2, 0.25) is 0 Å². The van der Waals surface area contributed by atoms with Gasteiger partial charge >= 0.3 is 0 Å². The van der Waals surface area contributed by atoms with Gasteiger partial charge in [-0.1, -0.05) is 12.1 Å². The molecule has 4 heteroatoms. The molecule has 1 atom stereocenters. The van der Waals surface area contributed by atoms with E-state index < -0.39 is 6.10 Å². The molecule has 88 valence electrons. The number of pyridine rings is 1. The van der Waals surface area contributed by atoms with Crippen LogP contribution in [0.4, 0.5) is 4.39 Å². The van der Waals surface area contributed by atoms with E-state index in [4.69, 9.17) is 0 Å². The number of nitrogens with zero attached hydrogens (tertiary/aromatic N) is 1. The molecule has 0 aliphatic rings. The molecule has 1 unspecified atom stereocenters. The number of hydrogen-bond donors (Lipinski definition) is 1. The molecule has 1 aromatic heterocycles. The first kappa shape index (κ1) is 12.2. The first-order valence-electron chi connectivity index (χ1n) is 5.12. The lowest BCUT2D eigenvalue weighted by Crippen LogP contribution is -2.01. The van der Waals surface area contributed by atoms with E-state index in [1.807, 2.05) is 13.0 Å². The molecule has 2 nitrogen and oxygen atoms in total. The highest BCUT2D eigenvalue weighted by atomic mass is 79.9. The van der Waals surface area contributed by atoms with Crippen LogP contribution in [-0.4, -0.2) is 10.1 Å². The van der Waals surface area contributed by atoms with Crippen LogP contribution >= 0.6 is 15.9 Å². The fourth-order valence-electron chi connectivity index (χ4n) is 1.60. The Balaban J connectivity index is 2.36. The van der Waals surface area contributed by atoms with Crippen molar-refractivity contribution in [3.05, 3.63) is 63.6 Å². The lowest BCUT2D eigenvalue weighted by molar-refractivity contribution is 0.219. The Labute approximate surface area is 107 Å². The molecule has 0 amide bonds. The van der Waals surface area contributed by atoms with Gasteiger partial charge in [-0.2, -0.15) is 0 Å². The molecule has 0 aliphatic carbocycles. The minimum atomic E-state index is -0.856. The SMILES string of the molecule is Cc1cncc(C(O)c2ccc(Br)c(F)c2)c1. The van der Waals surface area contributed by atoms with Crippen LogP contribution in [-0.2, 0) is 0 Å². The molecule has 2 aromatic rings. The van der Waals surface area contributed by atoms with E-state index >= 15 is 0 Å². The van der Waals surface area contributed by atoms with E-state index in [1.54, 1.807) is 24.5 Å². The minimum absolute atomic E-state index is 0.385. The zero-order valence-electron chi connectivity index (χ0n) is 9.19. The standard InChI is InChI=1S/C13H11BrFNO/c1-8-4-10(7-16-6-8)13(17)9-2-3-11(14)12(15)5-9/h2-7,13,17H,1H3. The average molecular weight is 296 g/mol. The number of aliphatic hydroxyl groups is 1. The van der Waals surface area contributed by atoms with E-state index in [0.717, 1.165) is 5.56 Å². The Bertz CT molecular complexity index is 545. The highest BCUT2D eigenvalue weighted by Crippen LogP contribution is 2.25. The van der Waals surface area contributed by atoms with Crippen LogP contribution in [0.5, 0.6) is 0 Å². The monoisotopic (exact) mass is 295 g/mol. The molecule has 2 rings (SSSR count). The Morgan fingerprint density at radius 2 is 2.00 bits per heavy atom. The molecule has 0 radical (unpaired) electrons. The van der Waals surface area contributed by atoms with Gasteiger partial charge in [0, 0.05) is 18.0 Å². The van der Waals surface area contributed by atoms with Crippen LogP contribution in [0.15, 0.2) is 41.1 Å². The van der Waals surface area contributed by atoms with Crippen molar-refractivity contribution in [2.75, 3.05) is 0 Å². The van der Waals surface area contributed by atoms with Crippen molar-refractivity contribution < 1.29 is 9.50 Å². The smallest absolute Gasteiger partial charge is 0.137 e. The second-order valence-electron chi connectivity index (χ2n) is 3.87. The van der Waals surface area contributed by atoms with E-state index in [9.17, 15) is 9.50 Å². The van der Waals surface area contributed by atoms with Gasteiger partial charge in [-0.25, -0.2) is 4.39 Å². The average Bonchev–Trinajstić information content (AvgIpc) is 2.32. The van der Waals surface area contributed by atoms with Gasteiger partial charge < -0.3 is 5.11 Å². The Morgan fingerprint density at radius 1 is 1.24 bits per heavy atom. The second-order valence-corrected chi connectivity index (χ2v) is 4.73. The second kappa shape index (κ2) is 4.94. The molecule has 0 spiro atoms. The summed E-state index contributed by atoms with van der Waals surface area (Å²) in [6, 6.07) is 6.41. The summed E-state index contributed by atoms with van der Waals surface area (Å²) in [6.07, 6.45) is 2.43. The van der Waals surface area contributed by atoms with Crippen LogP contribution < -0.4 is 0 Å². The number of halogens is 2. The third-order valence-corrected chi connectivity index (χ3v) is 3.11. The maximum atomic E-state index is 13.4. The summed E-state index contributed by atoms with van der Waals surface area (Å²) in [6.45, 7) is 1.89. The van der Waals surface area contributed by atoms with Crippen molar-refractivity contribution in [1.82, 2.24) is 4.98 Å². The first-order valence-corrected chi connectivity index (χ1v) is 5.92. The van der Waals surface area contributed by atoms with Crippen LogP contribution in [0.25, 0.3) is 0 Å². The molecule has 0 saturated heterocycles. The molecule has 0 aliphatic heterocycles. The predicted molar refractivity (Wildman–Crippen MR) is 67.1 cm³/mol. The first-order chi connectivity index (χ1) is 8.08. The van der Waals surface area contributed by atoms with Crippen LogP contribution in [0, 0.1) is 12.7 Å². The number of hydrogen-bond acceptors (Lipinski definition) is 2. The summed E-state index contributed by atoms with van der Waals surface area (Å²) < 4.78 is 13.7. The summed E-state index contributed by atoms with van der Waals surface area (Å²) in [5, 5.41) is 10.1. The van der Waals surface area contributed by atoms with Gasteiger partial charge in [-0.05, 0) is 46.1 Å². The Hall–Kier alpha value is -1.26. The Kier molecular flexibility index (Phi) is 3.54. The van der Waals surface area contributed by atoms with Gasteiger partial charge in [-0.3, -0.25) is 4.98 Å². The van der Waals surface area contributed by atoms with E-state index in [1.165, 1.54) is 6.07 Å². The Morgan fingerprint density at radius 3 is 2.65 bits per heavy atom. The molecular weight excluding hydrogens is 285 g/mol. The van der Waals surface area contributed by atoms with Crippen molar-refractivity contribution in [3.8, 4) is 0 Å². The van der Waals surface area contributed by atoms with E-state index in [0.29, 0.717) is 15.6 Å². The van der Waals surface area contributed by atoms with Gasteiger partial charge in [0.05, 0.1) is 4.47 Å². The third-order valence-electron chi connectivity index (χ3n) is 2.47. The summed E-state index contributed by atoms with van der Waals surface area (Å²) in [5.41, 5.74) is 2.13. The van der Waals surface area contributed by atoms with E-state index in [2.05, 4.69) is 20.9 Å². The fourth-order valence-corrected chi connectivity index (χ4v) is 1.85. The number of aryl methyl sites for hydroxylation is 1. The maximum absolute atomic E-state index is 13.4. The number of aromatic nitrogens is 1. The predicted octanol–water partition coefficient (Wildman–Crippen LogP) is 3.37. The molecule has 1 N–H and O–H groups in total.